The molecule has 0 atom stereocenters. The second-order valence-corrected chi connectivity index (χ2v) is 5.49. The molecule has 2 fully saturated rings. The van der Waals surface area contributed by atoms with Crippen LogP contribution in [0.5, 0.6) is 0 Å². The molecule has 1 amide bonds. The SMILES string of the molecule is O=C1NC(=NC2CC2)NC12Cc1ccccc1C2. The smallest absolute Gasteiger partial charge is 0.253 e. The van der Waals surface area contributed by atoms with E-state index in [0.29, 0.717) is 12.0 Å². The molecule has 0 aromatic heterocycles. The molecule has 1 aliphatic heterocycles. The zero-order valence-electron chi connectivity index (χ0n) is 10.1. The molecule has 4 rings (SSSR count). The van der Waals surface area contributed by atoms with Crippen LogP contribution in [0.15, 0.2) is 29.3 Å². The third-order valence-electron chi connectivity index (χ3n) is 3.99. The van der Waals surface area contributed by atoms with Gasteiger partial charge in [-0.2, -0.15) is 0 Å². The number of aliphatic imine (C=N–C) groups is 1. The number of rotatable bonds is 1. The summed E-state index contributed by atoms with van der Waals surface area (Å²) in [5.74, 6) is 0.744. The van der Waals surface area contributed by atoms with E-state index in [1.165, 1.54) is 11.1 Å². The first-order chi connectivity index (χ1) is 8.75. The number of benzene rings is 1. The minimum atomic E-state index is -0.489. The lowest BCUT2D eigenvalue weighted by Gasteiger charge is -2.19. The highest BCUT2D eigenvalue weighted by molar-refractivity contribution is 6.09. The highest BCUT2D eigenvalue weighted by Gasteiger charge is 2.49. The van der Waals surface area contributed by atoms with Gasteiger partial charge in [-0.25, -0.2) is 4.99 Å². The maximum atomic E-state index is 12.2. The van der Waals surface area contributed by atoms with Crippen molar-refractivity contribution in [3.05, 3.63) is 35.4 Å². The largest absolute Gasteiger partial charge is 0.341 e. The Morgan fingerprint density at radius 2 is 1.83 bits per heavy atom. The Morgan fingerprint density at radius 3 is 2.44 bits per heavy atom. The molecular weight excluding hydrogens is 226 g/mol. The van der Waals surface area contributed by atoms with E-state index in [1.54, 1.807) is 0 Å². The molecule has 1 aromatic carbocycles. The van der Waals surface area contributed by atoms with Crippen molar-refractivity contribution in [3.8, 4) is 0 Å². The Bertz CT molecular complexity index is 535. The third kappa shape index (κ3) is 1.45. The second kappa shape index (κ2) is 3.34. The molecule has 4 nitrogen and oxygen atoms in total. The van der Waals surface area contributed by atoms with Gasteiger partial charge < -0.3 is 5.32 Å². The molecule has 0 radical (unpaired) electrons. The number of hydrogen-bond donors (Lipinski definition) is 2. The van der Waals surface area contributed by atoms with Gasteiger partial charge in [-0.1, -0.05) is 24.3 Å². The third-order valence-corrected chi connectivity index (χ3v) is 3.99. The molecule has 0 unspecified atom stereocenters. The molecule has 2 N–H and O–H groups in total. The van der Waals surface area contributed by atoms with Crippen molar-refractivity contribution in [3.63, 3.8) is 0 Å². The van der Waals surface area contributed by atoms with Crippen LogP contribution in [0.4, 0.5) is 0 Å². The van der Waals surface area contributed by atoms with Gasteiger partial charge in [0, 0.05) is 12.8 Å². The summed E-state index contributed by atoms with van der Waals surface area (Å²) in [7, 11) is 0. The Hall–Kier alpha value is -1.84. The lowest BCUT2D eigenvalue weighted by Crippen LogP contribution is -2.47. The lowest BCUT2D eigenvalue weighted by molar-refractivity contribution is -0.123. The highest BCUT2D eigenvalue weighted by Crippen LogP contribution is 2.32. The van der Waals surface area contributed by atoms with Crippen LogP contribution in [0.2, 0.25) is 0 Å². The van der Waals surface area contributed by atoms with E-state index >= 15 is 0 Å². The van der Waals surface area contributed by atoms with Crippen LogP contribution in [0, 0.1) is 0 Å². The van der Waals surface area contributed by atoms with Gasteiger partial charge in [0.25, 0.3) is 5.91 Å². The monoisotopic (exact) mass is 241 g/mol. The van der Waals surface area contributed by atoms with Crippen LogP contribution in [0.25, 0.3) is 0 Å². The van der Waals surface area contributed by atoms with Crippen molar-refractivity contribution >= 4 is 11.9 Å². The minimum Gasteiger partial charge on any atom is -0.341 e. The van der Waals surface area contributed by atoms with Crippen molar-refractivity contribution in [2.75, 3.05) is 0 Å². The topological polar surface area (TPSA) is 53.5 Å². The average molecular weight is 241 g/mol. The van der Waals surface area contributed by atoms with Crippen LogP contribution in [-0.4, -0.2) is 23.4 Å². The second-order valence-electron chi connectivity index (χ2n) is 5.49. The number of nitrogens with zero attached hydrogens (tertiary/aromatic N) is 1. The van der Waals surface area contributed by atoms with Gasteiger partial charge in [0.05, 0.1) is 6.04 Å². The summed E-state index contributed by atoms with van der Waals surface area (Å²) < 4.78 is 0. The number of amides is 1. The van der Waals surface area contributed by atoms with Crippen molar-refractivity contribution in [2.45, 2.75) is 37.3 Å². The van der Waals surface area contributed by atoms with Gasteiger partial charge in [-0.15, -0.1) is 0 Å². The fraction of sp³-hybridized carbons (Fsp3) is 0.429. The van der Waals surface area contributed by atoms with Gasteiger partial charge in [0.15, 0.2) is 5.96 Å². The molecule has 3 aliphatic rings. The van der Waals surface area contributed by atoms with E-state index in [1.807, 2.05) is 12.1 Å². The van der Waals surface area contributed by atoms with Gasteiger partial charge in [0.2, 0.25) is 0 Å². The van der Waals surface area contributed by atoms with Crippen LogP contribution in [0.3, 0.4) is 0 Å². The van der Waals surface area contributed by atoms with E-state index in [0.717, 1.165) is 25.7 Å². The highest BCUT2D eigenvalue weighted by atomic mass is 16.2. The van der Waals surface area contributed by atoms with Crippen LogP contribution < -0.4 is 10.6 Å². The number of nitrogens with one attached hydrogen (secondary N) is 2. The molecule has 0 bridgehead atoms. The van der Waals surface area contributed by atoms with Gasteiger partial charge in [-0.05, 0) is 24.0 Å². The summed E-state index contributed by atoms with van der Waals surface area (Å²) in [4.78, 5) is 16.7. The van der Waals surface area contributed by atoms with Gasteiger partial charge in [-0.3, -0.25) is 10.1 Å². The predicted octanol–water partition coefficient (Wildman–Crippen LogP) is 0.762. The summed E-state index contributed by atoms with van der Waals surface area (Å²) in [6.45, 7) is 0. The first-order valence-electron chi connectivity index (χ1n) is 6.49. The average Bonchev–Trinajstić information content (AvgIpc) is 3.00. The van der Waals surface area contributed by atoms with E-state index in [-0.39, 0.29) is 5.91 Å². The first-order valence-corrected chi connectivity index (χ1v) is 6.49. The van der Waals surface area contributed by atoms with Crippen molar-refractivity contribution in [1.82, 2.24) is 10.6 Å². The molecule has 2 aliphatic carbocycles. The Balaban J connectivity index is 1.64. The minimum absolute atomic E-state index is 0.0677. The van der Waals surface area contributed by atoms with E-state index in [4.69, 9.17) is 0 Å². The Labute approximate surface area is 105 Å². The molecule has 1 aromatic rings. The van der Waals surface area contributed by atoms with Crippen LogP contribution >= 0.6 is 0 Å². The quantitative estimate of drug-likeness (QED) is 0.762. The zero-order chi connectivity index (χ0) is 12.2. The number of hydrogen-bond acceptors (Lipinski definition) is 2. The fourth-order valence-electron chi connectivity index (χ4n) is 2.86. The molecule has 1 spiro atoms. The van der Waals surface area contributed by atoms with Crippen LogP contribution in [-0.2, 0) is 17.6 Å². The normalized spacial score (nSPS) is 26.2. The van der Waals surface area contributed by atoms with E-state index in [9.17, 15) is 4.79 Å². The fourth-order valence-corrected chi connectivity index (χ4v) is 2.86. The van der Waals surface area contributed by atoms with Crippen molar-refractivity contribution in [2.24, 2.45) is 4.99 Å². The standard InChI is InChI=1S/C14H15N3O/c18-12-14(17-13(16-12)15-11-5-6-11)7-9-3-1-2-4-10(9)8-14/h1-4,11H,5-8H2,(H2,15,16,17,18). The molecule has 1 saturated carbocycles. The summed E-state index contributed by atoms with van der Waals surface area (Å²) in [6.07, 6.45) is 3.82. The van der Waals surface area contributed by atoms with E-state index < -0.39 is 5.54 Å². The Kier molecular flexibility index (Phi) is 1.88. The predicted molar refractivity (Wildman–Crippen MR) is 68.3 cm³/mol. The van der Waals surface area contributed by atoms with Crippen molar-refractivity contribution in [1.29, 1.82) is 0 Å². The number of guanidine groups is 1. The number of carbonyl (C=O) groups excluding carboxylic acids is 1. The van der Waals surface area contributed by atoms with Gasteiger partial charge in [0.1, 0.15) is 5.54 Å². The summed E-state index contributed by atoms with van der Waals surface area (Å²) >= 11 is 0. The summed E-state index contributed by atoms with van der Waals surface area (Å²) in [5.41, 5.74) is 2.05. The van der Waals surface area contributed by atoms with Crippen molar-refractivity contribution < 1.29 is 4.79 Å². The summed E-state index contributed by atoms with van der Waals surface area (Å²) in [5, 5.41) is 6.22. The van der Waals surface area contributed by atoms with Crippen LogP contribution in [0.1, 0.15) is 24.0 Å². The molecule has 4 heteroatoms. The molecule has 18 heavy (non-hydrogen) atoms. The van der Waals surface area contributed by atoms with Gasteiger partial charge >= 0.3 is 0 Å². The lowest BCUT2D eigenvalue weighted by atomic mass is 9.96. The molecule has 1 heterocycles. The Morgan fingerprint density at radius 1 is 1.17 bits per heavy atom. The first kappa shape index (κ1) is 10.1. The molecular formula is C14H15N3O. The maximum Gasteiger partial charge on any atom is 0.253 e. The number of fused-ring (bicyclic) bond motifs is 1. The summed E-state index contributed by atoms with van der Waals surface area (Å²) in [6, 6.07) is 8.70. The number of carbonyl (C=O) groups is 1. The zero-order valence-corrected chi connectivity index (χ0v) is 10.1. The molecule has 92 valence electrons. The van der Waals surface area contributed by atoms with E-state index in [2.05, 4.69) is 27.8 Å². The maximum absolute atomic E-state index is 12.2. The molecule has 1 saturated heterocycles.